The number of aryl methyl sites for hydroxylation is 1. The highest BCUT2D eigenvalue weighted by molar-refractivity contribution is 5.58. The van der Waals surface area contributed by atoms with Crippen LogP contribution in [-0.4, -0.2) is 33.9 Å². The fraction of sp³-hybridized carbons (Fsp3) is 0.250. The number of hydroxylamine groups is 2. The van der Waals surface area contributed by atoms with Gasteiger partial charge in [0.25, 0.3) is 0 Å². The van der Waals surface area contributed by atoms with E-state index >= 15 is 0 Å². The van der Waals surface area contributed by atoms with Gasteiger partial charge in [0.05, 0.1) is 5.70 Å². The molecule has 1 N–H and O–H groups in total. The quantitative estimate of drug-likeness (QED) is 0.549. The second-order valence-electron chi connectivity index (χ2n) is 9.20. The summed E-state index contributed by atoms with van der Waals surface area (Å²) >= 11 is 0. The molecule has 1 aromatic heterocycles. The molecule has 3 aromatic rings. The van der Waals surface area contributed by atoms with Gasteiger partial charge in [-0.15, -0.1) is 10.2 Å². The zero-order valence-electron chi connectivity index (χ0n) is 21.3. The van der Waals surface area contributed by atoms with E-state index in [1.54, 1.807) is 12.3 Å². The van der Waals surface area contributed by atoms with E-state index in [1.807, 2.05) is 55.4 Å². The van der Waals surface area contributed by atoms with Crippen LogP contribution in [0.1, 0.15) is 31.2 Å². The van der Waals surface area contributed by atoms with Crippen LogP contribution >= 0.6 is 0 Å². The van der Waals surface area contributed by atoms with Gasteiger partial charge < -0.3 is 9.47 Å². The minimum atomic E-state index is 0.464. The molecule has 0 aliphatic carbocycles. The molecule has 0 unspecified atom stereocenters. The van der Waals surface area contributed by atoms with Crippen LogP contribution in [0, 0.1) is 10.4 Å². The highest BCUT2D eigenvalue weighted by Gasteiger charge is 2.12. The molecule has 0 bridgehead atoms. The number of rotatable bonds is 6. The first-order chi connectivity index (χ1) is 18.0. The first-order valence-electron chi connectivity index (χ1n) is 12.4. The highest BCUT2D eigenvalue weighted by Crippen LogP contribution is 2.17. The van der Waals surface area contributed by atoms with Crippen LogP contribution in [0.4, 0.5) is 5.82 Å². The number of allylic oxidation sites excluding steroid dienone is 2. The summed E-state index contributed by atoms with van der Waals surface area (Å²) < 4.78 is 2.23. The Morgan fingerprint density at radius 1 is 0.919 bits per heavy atom. The van der Waals surface area contributed by atoms with Gasteiger partial charge in [-0.2, -0.15) is 0 Å². The lowest BCUT2D eigenvalue weighted by molar-refractivity contribution is 0.0241. The van der Waals surface area contributed by atoms with E-state index in [9.17, 15) is 5.21 Å². The molecule has 188 valence electrons. The zero-order valence-corrected chi connectivity index (χ0v) is 21.3. The summed E-state index contributed by atoms with van der Waals surface area (Å²) in [5, 5.41) is 31.0. The third-order valence-corrected chi connectivity index (χ3v) is 6.39. The van der Waals surface area contributed by atoms with Crippen LogP contribution in [0.15, 0.2) is 93.8 Å². The van der Waals surface area contributed by atoms with Crippen molar-refractivity contribution in [3.8, 4) is 0 Å². The largest absolute Gasteiger partial charge is 0.361 e. The molecule has 9 heteroatoms. The van der Waals surface area contributed by atoms with E-state index in [-0.39, 0.29) is 0 Å². The van der Waals surface area contributed by atoms with E-state index in [2.05, 4.69) is 56.6 Å². The lowest BCUT2D eigenvalue weighted by Gasteiger charge is -2.16. The van der Waals surface area contributed by atoms with Gasteiger partial charge in [0, 0.05) is 49.9 Å². The molecular formula is C28H30N8O. The number of unbranched alkanes of at least 4 members (excludes halogenated alkanes) is 1. The second-order valence-corrected chi connectivity index (χ2v) is 9.20. The Labute approximate surface area is 215 Å². The van der Waals surface area contributed by atoms with E-state index in [4.69, 9.17) is 4.98 Å². The molecule has 0 radical (unpaired) electrons. The van der Waals surface area contributed by atoms with Crippen LogP contribution in [0.5, 0.6) is 0 Å². The van der Waals surface area contributed by atoms with Crippen molar-refractivity contribution in [2.75, 3.05) is 19.0 Å². The maximum atomic E-state index is 10.7. The van der Waals surface area contributed by atoms with Gasteiger partial charge >= 0.3 is 0 Å². The molecule has 2 aromatic carbocycles. The van der Waals surface area contributed by atoms with Crippen LogP contribution in [0.25, 0.3) is 11.5 Å². The summed E-state index contributed by atoms with van der Waals surface area (Å²) in [6, 6.07) is 14.3. The predicted molar refractivity (Wildman–Crippen MR) is 143 cm³/mol. The number of hydrogen-bond acceptors (Lipinski definition) is 8. The molecule has 0 spiro atoms. The van der Waals surface area contributed by atoms with Gasteiger partial charge in [-0.1, -0.05) is 55.8 Å². The number of imidazole rings is 1. The minimum Gasteiger partial charge on any atom is -0.361 e. The Bertz CT molecular complexity index is 1630. The topological polar surface area (TPSA) is 94.0 Å². The van der Waals surface area contributed by atoms with Gasteiger partial charge in [-0.3, -0.25) is 5.21 Å². The van der Waals surface area contributed by atoms with Gasteiger partial charge in [0.15, 0.2) is 0 Å². The molecule has 0 fully saturated rings. The Hall–Kier alpha value is -4.37. The third kappa shape index (κ3) is 5.12. The van der Waals surface area contributed by atoms with Gasteiger partial charge in [0.1, 0.15) is 11.6 Å². The van der Waals surface area contributed by atoms with Gasteiger partial charge in [0.2, 0.25) is 5.82 Å². The van der Waals surface area contributed by atoms with Crippen molar-refractivity contribution in [1.29, 1.82) is 0 Å². The molecule has 0 amide bonds. The van der Waals surface area contributed by atoms with Crippen molar-refractivity contribution in [3.63, 3.8) is 0 Å². The maximum Gasteiger partial charge on any atom is 0.207 e. The summed E-state index contributed by atoms with van der Waals surface area (Å²) in [6.07, 6.45) is 12.5. The molecule has 3 heterocycles. The van der Waals surface area contributed by atoms with Crippen molar-refractivity contribution < 1.29 is 5.21 Å². The molecule has 5 rings (SSSR count). The monoisotopic (exact) mass is 494 g/mol. The van der Waals surface area contributed by atoms with Crippen molar-refractivity contribution in [2.24, 2.45) is 20.7 Å². The van der Waals surface area contributed by atoms with Crippen molar-refractivity contribution in [2.45, 2.75) is 32.7 Å². The highest BCUT2D eigenvalue weighted by atomic mass is 16.5. The normalized spacial score (nSPS) is 16.8. The fourth-order valence-electron chi connectivity index (χ4n) is 4.47. The van der Waals surface area contributed by atoms with E-state index < -0.39 is 0 Å². The Kier molecular flexibility index (Phi) is 7.04. The summed E-state index contributed by atoms with van der Waals surface area (Å²) in [6.45, 7) is 2.87. The first-order valence-corrected chi connectivity index (χ1v) is 12.4. The number of nitrogens with zero attached hydrogens (tertiary/aromatic N) is 8. The molecule has 2 aliphatic rings. The average Bonchev–Trinajstić information content (AvgIpc) is 3.59. The Morgan fingerprint density at radius 2 is 1.68 bits per heavy atom. The van der Waals surface area contributed by atoms with E-state index in [0.29, 0.717) is 18.1 Å². The van der Waals surface area contributed by atoms with Crippen LogP contribution in [0.3, 0.4) is 0 Å². The molecule has 37 heavy (non-hydrogen) atoms. The van der Waals surface area contributed by atoms with E-state index in [0.717, 1.165) is 62.4 Å². The van der Waals surface area contributed by atoms with Gasteiger partial charge in [-0.25, -0.2) is 10.0 Å². The Morgan fingerprint density at radius 3 is 2.41 bits per heavy atom. The molecule has 0 atom stereocenters. The maximum absolute atomic E-state index is 10.7. The second kappa shape index (κ2) is 10.7. The third-order valence-electron chi connectivity index (χ3n) is 6.39. The summed E-state index contributed by atoms with van der Waals surface area (Å²) in [4.78, 5) is 6.90. The molecular weight excluding hydrogens is 464 g/mol. The van der Waals surface area contributed by atoms with Crippen LogP contribution in [-0.2, 0) is 13.0 Å². The van der Waals surface area contributed by atoms with Crippen LogP contribution < -0.4 is 15.3 Å². The van der Waals surface area contributed by atoms with E-state index in [1.165, 1.54) is 0 Å². The Balaban J connectivity index is 1.75. The summed E-state index contributed by atoms with van der Waals surface area (Å²) in [5.74, 6) is 2.49. The number of anilines is 1. The summed E-state index contributed by atoms with van der Waals surface area (Å²) in [5.41, 5.74) is 1.79. The predicted octanol–water partition coefficient (Wildman–Crippen LogP) is 4.41. The lowest BCUT2D eigenvalue weighted by Crippen LogP contribution is -2.22. The minimum absolute atomic E-state index is 0.464. The fourth-order valence-corrected chi connectivity index (χ4v) is 4.47. The molecule has 9 nitrogen and oxygen atoms in total. The lowest BCUT2D eigenvalue weighted by atomic mass is 10.1. The molecule has 0 saturated heterocycles. The standard InChI is InChI=1S/C28H30N8O/c1-4-5-13-26-29-27(34(2)3)19-35(26)18-20-14-15-22(24(17-20)25-12-8-9-16-36(25)37)21-10-6-7-11-23(21)28-30-32-33-31-28/h6-12,14-17,19,37H,4-5,13,18H2,1-3H3. The van der Waals surface area contributed by atoms with Crippen molar-refractivity contribution in [3.05, 3.63) is 105 Å². The number of aromatic nitrogens is 2. The first kappa shape index (κ1) is 24.3. The number of hydrogen-bond donors (Lipinski definition) is 1. The average molecular weight is 495 g/mol. The smallest absolute Gasteiger partial charge is 0.207 e. The summed E-state index contributed by atoms with van der Waals surface area (Å²) in [7, 11) is 4.02. The molecule has 0 saturated carbocycles. The SMILES string of the molecule is CCCCc1nc(N(C)C)cn1Cc1ccc(=c2ccccc2=C2N=NN=N2)c(=C2C=CC=CN2O)c1. The van der Waals surface area contributed by atoms with Crippen LogP contribution in [0.2, 0.25) is 0 Å². The van der Waals surface area contributed by atoms with Crippen molar-refractivity contribution >= 4 is 17.3 Å². The zero-order chi connectivity index (χ0) is 25.8. The van der Waals surface area contributed by atoms with Crippen molar-refractivity contribution in [1.82, 2.24) is 14.6 Å². The van der Waals surface area contributed by atoms with Gasteiger partial charge in [-0.05, 0) is 51.1 Å². The number of benzene rings is 2. The molecule has 2 aliphatic heterocycles.